The summed E-state index contributed by atoms with van der Waals surface area (Å²) < 4.78 is 5.49. The quantitative estimate of drug-likeness (QED) is 0.308. The predicted octanol–water partition coefficient (Wildman–Crippen LogP) is 3.12. The molecule has 0 spiro atoms. The second-order valence-corrected chi connectivity index (χ2v) is 8.16. The van der Waals surface area contributed by atoms with Crippen molar-refractivity contribution in [2.75, 3.05) is 38.2 Å². The summed E-state index contributed by atoms with van der Waals surface area (Å²) in [5.41, 5.74) is 1.21. The molecule has 0 bridgehead atoms. The molecule has 2 aliphatic rings. The molecule has 2 heterocycles. The summed E-state index contributed by atoms with van der Waals surface area (Å²) in [6, 6.07) is 7.70. The van der Waals surface area contributed by atoms with E-state index in [0.717, 1.165) is 36.9 Å². The molecular weight excluding hydrogens is 455 g/mol. The molecule has 0 saturated carbocycles. The number of carbonyl (C=O) groups excluding carboxylic acids is 1. The van der Waals surface area contributed by atoms with Gasteiger partial charge in [0.15, 0.2) is 12.6 Å². The van der Waals surface area contributed by atoms with Crippen molar-refractivity contribution in [1.82, 2.24) is 10.2 Å². The summed E-state index contributed by atoms with van der Waals surface area (Å²) in [7, 11) is 1.82. The van der Waals surface area contributed by atoms with Crippen LogP contribution >= 0.6 is 24.0 Å². The number of fused-ring (bicyclic) bond motifs is 1. The van der Waals surface area contributed by atoms with Gasteiger partial charge < -0.3 is 19.9 Å². The molecule has 2 aliphatic heterocycles. The molecule has 27 heavy (non-hydrogen) atoms. The van der Waals surface area contributed by atoms with Crippen molar-refractivity contribution in [2.24, 2.45) is 10.4 Å². The lowest BCUT2D eigenvalue weighted by atomic mass is 9.65. The van der Waals surface area contributed by atoms with E-state index in [9.17, 15) is 4.79 Å². The molecule has 1 fully saturated rings. The zero-order valence-corrected chi connectivity index (χ0v) is 19.2. The first kappa shape index (κ1) is 21.8. The predicted molar refractivity (Wildman–Crippen MR) is 120 cm³/mol. The van der Waals surface area contributed by atoms with E-state index in [1.165, 1.54) is 0 Å². The number of hydrogen-bond donors (Lipinski definition) is 1. The summed E-state index contributed by atoms with van der Waals surface area (Å²) in [6.07, 6.45) is 0.844. The van der Waals surface area contributed by atoms with E-state index in [1.54, 1.807) is 0 Å². The molecule has 1 amide bonds. The fourth-order valence-corrected chi connectivity index (χ4v) is 3.53. The van der Waals surface area contributed by atoms with Gasteiger partial charge in [0.25, 0.3) is 5.91 Å². The molecule has 0 atom stereocenters. The van der Waals surface area contributed by atoms with Crippen LogP contribution in [0.1, 0.15) is 34.1 Å². The Morgan fingerprint density at radius 1 is 1.26 bits per heavy atom. The number of nitrogens with one attached hydrogen (secondary N) is 1. The molecule has 0 aliphatic carbocycles. The number of ether oxygens (including phenoxy) is 1. The highest BCUT2D eigenvalue weighted by Gasteiger charge is 2.53. The van der Waals surface area contributed by atoms with Crippen molar-refractivity contribution in [3.8, 4) is 5.75 Å². The number of rotatable bonds is 4. The maximum Gasteiger partial charge on any atom is 0.265 e. The van der Waals surface area contributed by atoms with Gasteiger partial charge in [0, 0.05) is 37.6 Å². The first-order valence-corrected chi connectivity index (χ1v) is 9.28. The third kappa shape index (κ3) is 4.02. The molecular formula is C20H31IN4O2. The molecule has 1 N–H and O–H groups in total. The topological polar surface area (TPSA) is 57.2 Å². The minimum atomic E-state index is 0. The van der Waals surface area contributed by atoms with Gasteiger partial charge in [-0.1, -0.05) is 26.0 Å². The number of para-hydroxylation sites is 2. The van der Waals surface area contributed by atoms with Gasteiger partial charge in [-0.2, -0.15) is 0 Å². The SMILES string of the molecule is CN=C(NCCCN1C(=O)COc2ccccc21)N1CC(C)(C)C1(C)C.I. The van der Waals surface area contributed by atoms with Crippen molar-refractivity contribution in [2.45, 2.75) is 39.7 Å². The number of likely N-dealkylation sites (tertiary alicyclic amines) is 1. The minimum Gasteiger partial charge on any atom is -0.482 e. The lowest BCUT2D eigenvalue weighted by Crippen LogP contribution is -2.72. The molecule has 1 aromatic rings. The summed E-state index contributed by atoms with van der Waals surface area (Å²) in [5, 5.41) is 3.45. The normalized spacial score (nSPS) is 20.2. The fourth-order valence-electron chi connectivity index (χ4n) is 3.53. The largest absolute Gasteiger partial charge is 0.482 e. The van der Waals surface area contributed by atoms with Crippen molar-refractivity contribution in [1.29, 1.82) is 0 Å². The number of guanidine groups is 1. The molecule has 7 heteroatoms. The van der Waals surface area contributed by atoms with Gasteiger partial charge in [-0.25, -0.2) is 0 Å². The van der Waals surface area contributed by atoms with Gasteiger partial charge in [0.2, 0.25) is 0 Å². The number of aliphatic imine (C=N–C) groups is 1. The smallest absolute Gasteiger partial charge is 0.265 e. The van der Waals surface area contributed by atoms with Crippen LogP contribution < -0.4 is 15.0 Å². The van der Waals surface area contributed by atoms with E-state index in [2.05, 4.69) is 42.9 Å². The molecule has 6 nitrogen and oxygen atoms in total. The lowest BCUT2D eigenvalue weighted by molar-refractivity contribution is -0.121. The van der Waals surface area contributed by atoms with Crippen LogP contribution in [-0.4, -0.2) is 55.6 Å². The van der Waals surface area contributed by atoms with Crippen LogP contribution in [-0.2, 0) is 4.79 Å². The van der Waals surface area contributed by atoms with E-state index >= 15 is 0 Å². The Hall–Kier alpha value is -1.51. The number of halogens is 1. The summed E-state index contributed by atoms with van der Waals surface area (Å²) in [4.78, 5) is 20.8. The Kier molecular flexibility index (Phi) is 6.65. The lowest BCUT2D eigenvalue weighted by Gasteiger charge is -2.62. The Morgan fingerprint density at radius 3 is 2.59 bits per heavy atom. The number of anilines is 1. The molecule has 150 valence electrons. The maximum atomic E-state index is 12.2. The van der Waals surface area contributed by atoms with Crippen LogP contribution in [0.25, 0.3) is 0 Å². The Morgan fingerprint density at radius 2 is 1.96 bits per heavy atom. The van der Waals surface area contributed by atoms with Crippen molar-refractivity contribution >= 4 is 41.5 Å². The van der Waals surface area contributed by atoms with Crippen LogP contribution in [0.2, 0.25) is 0 Å². The summed E-state index contributed by atoms with van der Waals surface area (Å²) >= 11 is 0. The molecule has 1 aromatic carbocycles. The fraction of sp³-hybridized carbons (Fsp3) is 0.600. The Balaban J connectivity index is 0.00000261. The number of amides is 1. The highest BCUT2D eigenvalue weighted by molar-refractivity contribution is 14.0. The van der Waals surface area contributed by atoms with Gasteiger partial charge in [-0.05, 0) is 32.4 Å². The van der Waals surface area contributed by atoms with Crippen LogP contribution in [0.15, 0.2) is 29.3 Å². The summed E-state index contributed by atoms with van der Waals surface area (Å²) in [5.74, 6) is 1.72. The van der Waals surface area contributed by atoms with Gasteiger partial charge in [0.05, 0.1) is 5.69 Å². The average molecular weight is 486 g/mol. The minimum absolute atomic E-state index is 0. The molecule has 0 radical (unpaired) electrons. The van der Waals surface area contributed by atoms with E-state index in [-0.39, 0.29) is 47.4 Å². The molecule has 3 rings (SSSR count). The van der Waals surface area contributed by atoms with Gasteiger partial charge in [-0.3, -0.25) is 9.79 Å². The molecule has 1 saturated heterocycles. The standard InChI is InChI=1S/C20H30N4O2.HI/c1-19(2)14-24(20(19,3)4)18(21-5)22-11-8-12-23-15-9-6-7-10-16(15)26-13-17(23)25;/h6-7,9-10H,8,11-14H2,1-5H3,(H,21,22);1H. The van der Waals surface area contributed by atoms with Crippen LogP contribution in [0.3, 0.4) is 0 Å². The van der Waals surface area contributed by atoms with Crippen molar-refractivity contribution in [3.63, 3.8) is 0 Å². The second-order valence-electron chi connectivity index (χ2n) is 8.16. The van der Waals surface area contributed by atoms with Crippen molar-refractivity contribution in [3.05, 3.63) is 24.3 Å². The number of hydrogen-bond acceptors (Lipinski definition) is 3. The Labute approximate surface area is 179 Å². The highest BCUT2D eigenvalue weighted by Crippen LogP contribution is 2.46. The first-order chi connectivity index (χ1) is 12.3. The average Bonchev–Trinajstić information content (AvgIpc) is 2.62. The number of carbonyl (C=O) groups is 1. The van der Waals surface area contributed by atoms with E-state index in [0.29, 0.717) is 6.54 Å². The molecule has 0 aromatic heterocycles. The van der Waals surface area contributed by atoms with Crippen LogP contribution in [0, 0.1) is 5.41 Å². The van der Waals surface area contributed by atoms with Crippen molar-refractivity contribution < 1.29 is 9.53 Å². The zero-order chi connectivity index (χ0) is 18.9. The van der Waals surface area contributed by atoms with E-state index in [1.807, 2.05) is 36.2 Å². The van der Waals surface area contributed by atoms with Gasteiger partial charge in [0.1, 0.15) is 5.75 Å². The monoisotopic (exact) mass is 486 g/mol. The van der Waals surface area contributed by atoms with Crippen LogP contribution in [0.5, 0.6) is 5.75 Å². The number of nitrogens with zero attached hydrogens (tertiary/aromatic N) is 3. The van der Waals surface area contributed by atoms with Gasteiger partial charge >= 0.3 is 0 Å². The first-order valence-electron chi connectivity index (χ1n) is 9.28. The van der Waals surface area contributed by atoms with E-state index in [4.69, 9.17) is 4.74 Å². The number of benzene rings is 1. The third-order valence-electron chi connectivity index (χ3n) is 6.00. The molecule has 0 unspecified atom stereocenters. The highest BCUT2D eigenvalue weighted by atomic mass is 127. The summed E-state index contributed by atoms with van der Waals surface area (Å²) in [6.45, 7) is 11.6. The van der Waals surface area contributed by atoms with E-state index < -0.39 is 0 Å². The zero-order valence-electron chi connectivity index (χ0n) is 16.9. The van der Waals surface area contributed by atoms with Crippen LogP contribution in [0.4, 0.5) is 5.69 Å². The maximum absolute atomic E-state index is 12.2. The Bertz CT molecular complexity index is 718. The van der Waals surface area contributed by atoms with Gasteiger partial charge in [-0.15, -0.1) is 24.0 Å². The third-order valence-corrected chi connectivity index (χ3v) is 6.00. The second kappa shape index (κ2) is 8.24.